The van der Waals surface area contributed by atoms with Crippen LogP contribution in [0.15, 0.2) is 71.8 Å². The van der Waals surface area contributed by atoms with Gasteiger partial charge in [-0.25, -0.2) is 18.3 Å². The fourth-order valence-corrected chi connectivity index (χ4v) is 2.68. The van der Waals surface area contributed by atoms with E-state index in [0.717, 1.165) is 6.07 Å². The molecule has 4 aromatic rings. The van der Waals surface area contributed by atoms with Crippen molar-refractivity contribution in [3.63, 3.8) is 0 Å². The van der Waals surface area contributed by atoms with E-state index in [1.807, 2.05) is 0 Å². The van der Waals surface area contributed by atoms with E-state index in [1.165, 1.54) is 4.57 Å². The molecule has 0 saturated carbocycles. The Bertz CT molecular complexity index is 1150. The Labute approximate surface area is 146 Å². The van der Waals surface area contributed by atoms with Crippen LogP contribution in [-0.2, 0) is 0 Å². The third-order valence-electron chi connectivity index (χ3n) is 3.82. The molecule has 2 heterocycles. The molecule has 1 N–H and O–H groups in total. The maximum absolute atomic E-state index is 14.2. The molecule has 0 bridgehead atoms. The van der Waals surface area contributed by atoms with Crippen molar-refractivity contribution >= 4 is 22.5 Å². The molecule has 0 aliphatic carbocycles. The third kappa shape index (κ3) is 2.79. The first-order valence-electron chi connectivity index (χ1n) is 7.78. The van der Waals surface area contributed by atoms with Crippen LogP contribution in [0.5, 0.6) is 0 Å². The Morgan fingerprint density at radius 1 is 1.00 bits per heavy atom. The molecule has 5 nitrogen and oxygen atoms in total. The first kappa shape index (κ1) is 15.9. The highest BCUT2D eigenvalue weighted by atomic mass is 19.1. The van der Waals surface area contributed by atoms with Crippen LogP contribution in [0.2, 0.25) is 0 Å². The van der Waals surface area contributed by atoms with Crippen molar-refractivity contribution in [2.45, 2.75) is 0 Å². The fraction of sp³-hybridized carbons (Fsp3) is 0. The molecule has 0 radical (unpaired) electrons. The quantitative estimate of drug-likeness (QED) is 0.610. The molecule has 4 rings (SSSR count). The van der Waals surface area contributed by atoms with Gasteiger partial charge in [-0.05, 0) is 30.3 Å². The van der Waals surface area contributed by atoms with Crippen LogP contribution in [0, 0.1) is 11.6 Å². The van der Waals surface area contributed by atoms with Crippen molar-refractivity contribution in [2.75, 3.05) is 5.32 Å². The van der Waals surface area contributed by atoms with Crippen LogP contribution in [0.1, 0.15) is 0 Å². The number of halogens is 2. The summed E-state index contributed by atoms with van der Waals surface area (Å²) >= 11 is 0. The fourth-order valence-electron chi connectivity index (χ4n) is 2.68. The number of anilines is 2. The van der Waals surface area contributed by atoms with Gasteiger partial charge in [0.1, 0.15) is 11.3 Å². The lowest BCUT2D eigenvalue weighted by atomic mass is 10.2. The van der Waals surface area contributed by atoms with Crippen molar-refractivity contribution in [3.05, 3.63) is 89.0 Å². The van der Waals surface area contributed by atoms with E-state index in [-0.39, 0.29) is 16.9 Å². The van der Waals surface area contributed by atoms with Gasteiger partial charge < -0.3 is 5.32 Å². The van der Waals surface area contributed by atoms with Crippen molar-refractivity contribution in [3.8, 4) is 5.69 Å². The van der Waals surface area contributed by atoms with E-state index in [4.69, 9.17) is 0 Å². The molecule has 0 amide bonds. The summed E-state index contributed by atoms with van der Waals surface area (Å²) in [6.45, 7) is 0. The molecule has 0 unspecified atom stereocenters. The Hall–Kier alpha value is -3.61. The van der Waals surface area contributed by atoms with Gasteiger partial charge in [-0.2, -0.15) is 0 Å². The van der Waals surface area contributed by atoms with Gasteiger partial charge in [0.2, 0.25) is 5.95 Å². The van der Waals surface area contributed by atoms with Crippen molar-refractivity contribution in [1.82, 2.24) is 14.5 Å². The second-order valence-electron chi connectivity index (χ2n) is 5.56. The lowest BCUT2D eigenvalue weighted by Gasteiger charge is -2.15. The number of para-hydroxylation sites is 1. The predicted molar refractivity (Wildman–Crippen MR) is 94.8 cm³/mol. The van der Waals surface area contributed by atoms with Gasteiger partial charge in [0.15, 0.2) is 5.82 Å². The molecule has 0 aliphatic rings. The number of hydrogen-bond donors (Lipinski definition) is 1. The molecule has 0 aliphatic heterocycles. The second-order valence-corrected chi connectivity index (χ2v) is 5.56. The molecular weight excluding hydrogens is 338 g/mol. The van der Waals surface area contributed by atoms with Gasteiger partial charge in [-0.15, -0.1) is 0 Å². The molecule has 0 spiro atoms. The highest BCUT2D eigenvalue weighted by Gasteiger charge is 2.16. The lowest BCUT2D eigenvalue weighted by Crippen LogP contribution is -2.23. The molecule has 0 saturated heterocycles. The number of hydrogen-bond acceptors (Lipinski definition) is 4. The highest BCUT2D eigenvalue weighted by molar-refractivity contribution is 5.80. The van der Waals surface area contributed by atoms with Crippen LogP contribution in [0.25, 0.3) is 16.6 Å². The van der Waals surface area contributed by atoms with E-state index in [2.05, 4.69) is 15.3 Å². The maximum Gasteiger partial charge on any atom is 0.267 e. The van der Waals surface area contributed by atoms with E-state index in [0.29, 0.717) is 17.4 Å². The van der Waals surface area contributed by atoms with Crippen molar-refractivity contribution in [2.24, 2.45) is 0 Å². The molecule has 0 atom stereocenters. The Kier molecular flexibility index (Phi) is 3.89. The maximum atomic E-state index is 14.2. The monoisotopic (exact) mass is 350 g/mol. The third-order valence-corrected chi connectivity index (χ3v) is 3.82. The van der Waals surface area contributed by atoms with Crippen LogP contribution < -0.4 is 10.9 Å². The Balaban J connectivity index is 2.03. The minimum Gasteiger partial charge on any atom is -0.324 e. The van der Waals surface area contributed by atoms with Crippen molar-refractivity contribution < 1.29 is 8.78 Å². The zero-order valence-electron chi connectivity index (χ0n) is 13.4. The smallest absolute Gasteiger partial charge is 0.267 e. The number of fused-ring (bicyclic) bond motifs is 1. The van der Waals surface area contributed by atoms with Gasteiger partial charge in [-0.3, -0.25) is 9.78 Å². The normalized spacial score (nSPS) is 10.8. The van der Waals surface area contributed by atoms with E-state index in [1.54, 1.807) is 54.9 Å². The van der Waals surface area contributed by atoms with Crippen molar-refractivity contribution in [1.29, 1.82) is 0 Å². The Morgan fingerprint density at radius 2 is 1.81 bits per heavy atom. The number of nitrogens with one attached hydrogen (secondary N) is 1. The first-order valence-corrected chi connectivity index (χ1v) is 7.78. The minimum atomic E-state index is -0.897. The number of benzene rings is 2. The van der Waals surface area contributed by atoms with Gasteiger partial charge >= 0.3 is 0 Å². The molecule has 128 valence electrons. The average Bonchev–Trinajstić information content (AvgIpc) is 2.65. The summed E-state index contributed by atoms with van der Waals surface area (Å²) in [5, 5.41) is 2.84. The van der Waals surface area contributed by atoms with Crippen LogP contribution in [0.4, 0.5) is 20.4 Å². The molecule has 2 aromatic carbocycles. The average molecular weight is 350 g/mol. The second kappa shape index (κ2) is 6.36. The summed E-state index contributed by atoms with van der Waals surface area (Å²) in [6.07, 6.45) is 3.15. The SMILES string of the molecule is O=c1c2cc(F)cc(F)c2nc(Nc2cccnc2)n1-c1ccccc1. The first-order chi connectivity index (χ1) is 12.6. The van der Waals surface area contributed by atoms with Gasteiger partial charge in [-0.1, -0.05) is 18.2 Å². The van der Waals surface area contributed by atoms with E-state index >= 15 is 0 Å². The molecule has 26 heavy (non-hydrogen) atoms. The zero-order chi connectivity index (χ0) is 18.1. The van der Waals surface area contributed by atoms with Gasteiger partial charge in [0, 0.05) is 12.3 Å². The minimum absolute atomic E-state index is 0.104. The zero-order valence-corrected chi connectivity index (χ0v) is 13.4. The molecular formula is C19H12F2N4O. The van der Waals surface area contributed by atoms with Crippen LogP contribution in [0.3, 0.4) is 0 Å². The number of pyridine rings is 1. The number of nitrogens with zero attached hydrogens (tertiary/aromatic N) is 3. The summed E-state index contributed by atoms with van der Waals surface area (Å²) in [4.78, 5) is 21.2. The molecule has 7 heteroatoms. The summed E-state index contributed by atoms with van der Waals surface area (Å²) in [7, 11) is 0. The summed E-state index contributed by atoms with van der Waals surface area (Å²) in [6, 6.07) is 13.9. The van der Waals surface area contributed by atoms with E-state index in [9.17, 15) is 13.6 Å². The standard InChI is InChI=1S/C19H12F2N4O/c20-12-9-15-17(16(21)10-12)24-19(23-13-5-4-8-22-11-13)25(18(15)26)14-6-2-1-3-7-14/h1-11H,(H,23,24). The van der Waals surface area contributed by atoms with E-state index < -0.39 is 17.2 Å². The summed E-state index contributed by atoms with van der Waals surface area (Å²) < 4.78 is 29.1. The number of aromatic nitrogens is 3. The Morgan fingerprint density at radius 3 is 2.54 bits per heavy atom. The topological polar surface area (TPSA) is 59.8 Å². The predicted octanol–water partition coefficient (Wildman–Crippen LogP) is 3.80. The largest absolute Gasteiger partial charge is 0.324 e. The van der Waals surface area contributed by atoms with Gasteiger partial charge in [0.25, 0.3) is 5.56 Å². The highest BCUT2D eigenvalue weighted by Crippen LogP contribution is 2.22. The molecule has 2 aromatic heterocycles. The lowest BCUT2D eigenvalue weighted by molar-refractivity contribution is 0.589. The number of rotatable bonds is 3. The van der Waals surface area contributed by atoms with Gasteiger partial charge in [0.05, 0.1) is 23.0 Å². The summed E-state index contributed by atoms with van der Waals surface area (Å²) in [5.74, 6) is -1.62. The van der Waals surface area contributed by atoms with Crippen LogP contribution in [-0.4, -0.2) is 14.5 Å². The molecule has 0 fully saturated rings. The summed E-state index contributed by atoms with van der Waals surface area (Å²) in [5.41, 5.74) is 0.315. The van der Waals surface area contributed by atoms with Crippen LogP contribution >= 0.6 is 0 Å².